The van der Waals surface area contributed by atoms with Crippen molar-refractivity contribution in [1.82, 2.24) is 15.1 Å². The van der Waals surface area contributed by atoms with E-state index in [0.29, 0.717) is 6.04 Å². The first-order chi connectivity index (χ1) is 8.90. The Balaban J connectivity index is 0.00000180. The molecule has 0 radical (unpaired) electrons. The fraction of sp³-hybridized carbons (Fsp3) is 0.800. The van der Waals surface area contributed by atoms with Crippen LogP contribution in [-0.4, -0.2) is 16.3 Å². The highest BCUT2D eigenvalue weighted by molar-refractivity contribution is 5.85. The molecule has 0 atom stereocenters. The van der Waals surface area contributed by atoms with Gasteiger partial charge >= 0.3 is 0 Å². The van der Waals surface area contributed by atoms with Crippen LogP contribution >= 0.6 is 12.4 Å². The number of halogens is 1. The minimum Gasteiger partial charge on any atom is -0.313 e. The van der Waals surface area contributed by atoms with Crippen LogP contribution in [0, 0.1) is 0 Å². The number of aromatic nitrogens is 2. The second-order valence-corrected chi connectivity index (χ2v) is 5.50. The van der Waals surface area contributed by atoms with Crippen LogP contribution in [0.15, 0.2) is 12.4 Å². The monoisotopic (exact) mass is 285 g/mol. The topological polar surface area (TPSA) is 29.9 Å². The van der Waals surface area contributed by atoms with Crippen molar-refractivity contribution in [3.8, 4) is 0 Å². The van der Waals surface area contributed by atoms with E-state index in [1.807, 2.05) is 6.20 Å². The van der Waals surface area contributed by atoms with E-state index in [-0.39, 0.29) is 12.4 Å². The molecule has 4 heteroatoms. The molecule has 0 unspecified atom stereocenters. The number of hydrogen-bond donors (Lipinski definition) is 1. The van der Waals surface area contributed by atoms with Crippen molar-refractivity contribution in [2.24, 2.45) is 0 Å². The van der Waals surface area contributed by atoms with Gasteiger partial charge in [0.2, 0.25) is 0 Å². The first-order valence-electron chi connectivity index (χ1n) is 7.64. The van der Waals surface area contributed by atoms with Gasteiger partial charge in [0, 0.05) is 18.3 Å². The van der Waals surface area contributed by atoms with E-state index in [9.17, 15) is 0 Å². The fourth-order valence-corrected chi connectivity index (χ4v) is 2.75. The van der Waals surface area contributed by atoms with E-state index >= 15 is 0 Å². The van der Waals surface area contributed by atoms with Gasteiger partial charge < -0.3 is 5.32 Å². The zero-order valence-electron chi connectivity index (χ0n) is 12.1. The molecule has 1 aliphatic rings. The van der Waals surface area contributed by atoms with E-state index in [2.05, 4.69) is 28.2 Å². The lowest BCUT2D eigenvalue weighted by Crippen LogP contribution is -2.14. The van der Waals surface area contributed by atoms with E-state index < -0.39 is 0 Å². The standard InChI is InChI=1S/C15H27N3.ClH/c1-2-3-4-7-10-16-11-14-12-17-18(13-14)15-8-5-6-9-15;/h12-13,15-16H,2-11H2,1H3;1H. The molecular weight excluding hydrogens is 258 g/mol. The number of nitrogens with zero attached hydrogens (tertiary/aromatic N) is 2. The van der Waals surface area contributed by atoms with Gasteiger partial charge in [0.25, 0.3) is 0 Å². The molecule has 1 aliphatic carbocycles. The molecule has 1 N–H and O–H groups in total. The second-order valence-electron chi connectivity index (χ2n) is 5.50. The molecule has 2 rings (SSSR count). The van der Waals surface area contributed by atoms with Gasteiger partial charge in [-0.05, 0) is 25.8 Å². The molecule has 1 aromatic heterocycles. The van der Waals surface area contributed by atoms with Gasteiger partial charge in [-0.15, -0.1) is 12.4 Å². The first kappa shape index (κ1) is 16.5. The van der Waals surface area contributed by atoms with Gasteiger partial charge in [0.15, 0.2) is 0 Å². The summed E-state index contributed by atoms with van der Waals surface area (Å²) in [5.41, 5.74) is 1.33. The Morgan fingerprint density at radius 1 is 1.26 bits per heavy atom. The van der Waals surface area contributed by atoms with Crippen molar-refractivity contribution in [3.05, 3.63) is 18.0 Å². The molecule has 0 bridgehead atoms. The molecule has 1 saturated carbocycles. The third-order valence-electron chi connectivity index (χ3n) is 3.89. The maximum absolute atomic E-state index is 4.50. The second kappa shape index (κ2) is 9.38. The van der Waals surface area contributed by atoms with E-state index in [4.69, 9.17) is 0 Å². The largest absolute Gasteiger partial charge is 0.313 e. The van der Waals surface area contributed by atoms with E-state index in [1.165, 1.54) is 56.9 Å². The predicted molar refractivity (Wildman–Crippen MR) is 82.8 cm³/mol. The summed E-state index contributed by atoms with van der Waals surface area (Å²) in [6.45, 7) is 4.36. The maximum atomic E-state index is 4.50. The lowest BCUT2D eigenvalue weighted by atomic mass is 10.2. The number of rotatable bonds is 8. The Bertz CT molecular complexity index is 332. The third-order valence-corrected chi connectivity index (χ3v) is 3.89. The maximum Gasteiger partial charge on any atom is 0.0534 e. The average molecular weight is 286 g/mol. The Kier molecular flexibility index (Phi) is 8.15. The normalized spacial score (nSPS) is 15.6. The molecule has 0 saturated heterocycles. The molecule has 0 amide bonds. The van der Waals surface area contributed by atoms with Gasteiger partial charge in [0.1, 0.15) is 0 Å². The quantitative estimate of drug-likeness (QED) is 0.729. The first-order valence-corrected chi connectivity index (χ1v) is 7.64. The van der Waals surface area contributed by atoms with Crippen LogP contribution in [0.3, 0.4) is 0 Å². The number of nitrogens with one attached hydrogen (secondary N) is 1. The molecular formula is C15H28ClN3. The van der Waals surface area contributed by atoms with Crippen LogP contribution in [0.1, 0.15) is 69.9 Å². The summed E-state index contributed by atoms with van der Waals surface area (Å²) in [4.78, 5) is 0. The molecule has 1 fully saturated rings. The average Bonchev–Trinajstić information content (AvgIpc) is 3.03. The molecule has 1 aromatic rings. The van der Waals surface area contributed by atoms with Gasteiger partial charge in [0.05, 0.1) is 12.2 Å². The number of hydrogen-bond acceptors (Lipinski definition) is 2. The molecule has 0 aromatic carbocycles. The molecule has 110 valence electrons. The molecule has 3 nitrogen and oxygen atoms in total. The highest BCUT2D eigenvalue weighted by Crippen LogP contribution is 2.28. The van der Waals surface area contributed by atoms with Gasteiger partial charge in [-0.2, -0.15) is 5.10 Å². The highest BCUT2D eigenvalue weighted by Gasteiger charge is 2.17. The zero-order chi connectivity index (χ0) is 12.6. The van der Waals surface area contributed by atoms with Crippen LogP contribution < -0.4 is 5.32 Å². The predicted octanol–water partition coefficient (Wildman–Crippen LogP) is 4.09. The van der Waals surface area contributed by atoms with Crippen LogP contribution in [0.5, 0.6) is 0 Å². The minimum absolute atomic E-state index is 0. The van der Waals surface area contributed by atoms with Crippen LogP contribution in [-0.2, 0) is 6.54 Å². The summed E-state index contributed by atoms with van der Waals surface area (Å²) in [7, 11) is 0. The third kappa shape index (κ3) is 5.53. The Hall–Kier alpha value is -0.540. The van der Waals surface area contributed by atoms with E-state index in [1.54, 1.807) is 0 Å². The number of unbranched alkanes of at least 4 members (excludes halogenated alkanes) is 3. The van der Waals surface area contributed by atoms with Crippen LogP contribution in [0.2, 0.25) is 0 Å². The fourth-order valence-electron chi connectivity index (χ4n) is 2.75. The summed E-state index contributed by atoms with van der Waals surface area (Å²) < 4.78 is 2.18. The highest BCUT2D eigenvalue weighted by atomic mass is 35.5. The van der Waals surface area contributed by atoms with Crippen LogP contribution in [0.4, 0.5) is 0 Å². The summed E-state index contributed by atoms with van der Waals surface area (Å²) in [5.74, 6) is 0. The van der Waals surface area contributed by atoms with Crippen molar-refractivity contribution in [2.45, 2.75) is 70.9 Å². The van der Waals surface area contributed by atoms with Gasteiger partial charge in [-0.1, -0.05) is 39.0 Å². The molecule has 0 spiro atoms. The van der Waals surface area contributed by atoms with Crippen molar-refractivity contribution in [2.75, 3.05) is 6.54 Å². The molecule has 1 heterocycles. The van der Waals surface area contributed by atoms with Crippen molar-refractivity contribution in [3.63, 3.8) is 0 Å². The summed E-state index contributed by atoms with van der Waals surface area (Å²) in [6.07, 6.45) is 14.9. The Labute approximate surface area is 123 Å². The van der Waals surface area contributed by atoms with Crippen molar-refractivity contribution >= 4 is 12.4 Å². The molecule has 0 aliphatic heterocycles. The van der Waals surface area contributed by atoms with Gasteiger partial charge in [-0.25, -0.2) is 0 Å². The Morgan fingerprint density at radius 3 is 2.79 bits per heavy atom. The lowest BCUT2D eigenvalue weighted by molar-refractivity contribution is 0.466. The van der Waals surface area contributed by atoms with Crippen molar-refractivity contribution < 1.29 is 0 Å². The Morgan fingerprint density at radius 2 is 2.05 bits per heavy atom. The summed E-state index contributed by atoms with van der Waals surface area (Å²) in [6, 6.07) is 0.670. The van der Waals surface area contributed by atoms with Gasteiger partial charge in [-0.3, -0.25) is 4.68 Å². The zero-order valence-corrected chi connectivity index (χ0v) is 12.9. The molecule has 19 heavy (non-hydrogen) atoms. The lowest BCUT2D eigenvalue weighted by Gasteiger charge is -2.08. The minimum atomic E-state index is 0. The smallest absolute Gasteiger partial charge is 0.0534 e. The van der Waals surface area contributed by atoms with E-state index in [0.717, 1.165) is 13.1 Å². The SMILES string of the molecule is CCCCCCNCc1cnn(C2CCCC2)c1.Cl. The summed E-state index contributed by atoms with van der Waals surface area (Å²) >= 11 is 0. The summed E-state index contributed by atoms with van der Waals surface area (Å²) in [5, 5.41) is 8.01. The van der Waals surface area contributed by atoms with Crippen molar-refractivity contribution in [1.29, 1.82) is 0 Å². The van der Waals surface area contributed by atoms with Crippen LogP contribution in [0.25, 0.3) is 0 Å².